The summed E-state index contributed by atoms with van der Waals surface area (Å²) in [6, 6.07) is 0. The van der Waals surface area contributed by atoms with E-state index in [9.17, 15) is 4.79 Å². The van der Waals surface area contributed by atoms with Crippen LogP contribution in [0.3, 0.4) is 0 Å². The summed E-state index contributed by atoms with van der Waals surface area (Å²) in [5, 5.41) is 0. The molecule has 0 radical (unpaired) electrons. The summed E-state index contributed by atoms with van der Waals surface area (Å²) in [6.07, 6.45) is 6.35. The molecule has 5 heteroatoms. The Kier molecular flexibility index (Phi) is 4.08. The first kappa shape index (κ1) is 14.3. The van der Waals surface area contributed by atoms with Crippen LogP contribution < -0.4 is 4.90 Å². The molecule has 1 amide bonds. The van der Waals surface area contributed by atoms with Crippen molar-refractivity contribution in [3.05, 3.63) is 17.5 Å². The molecule has 21 heavy (non-hydrogen) atoms. The lowest BCUT2D eigenvalue weighted by Crippen LogP contribution is -2.35. The maximum absolute atomic E-state index is 12.3. The third-order valence-corrected chi connectivity index (χ3v) is 4.43. The van der Waals surface area contributed by atoms with Crippen LogP contribution >= 0.6 is 0 Å². The predicted octanol–water partition coefficient (Wildman–Crippen LogP) is 2.47. The molecule has 2 aliphatic rings. The average molecular weight is 288 g/mol. The number of hydrogen-bond acceptors (Lipinski definition) is 4. The molecule has 1 atom stereocenters. The fourth-order valence-electron chi connectivity index (χ4n) is 3.18. The quantitative estimate of drug-likeness (QED) is 0.854. The third kappa shape index (κ3) is 2.87. The van der Waals surface area contributed by atoms with E-state index < -0.39 is 0 Å². The van der Waals surface area contributed by atoms with Gasteiger partial charge in [-0.25, -0.2) is 9.97 Å². The average Bonchev–Trinajstić information content (AvgIpc) is 2.81. The van der Waals surface area contributed by atoms with Crippen LogP contribution in [0.5, 0.6) is 0 Å². The number of carbonyl (C=O) groups is 1. The summed E-state index contributed by atoms with van der Waals surface area (Å²) in [7, 11) is 0. The van der Waals surface area contributed by atoms with Crippen LogP contribution in [-0.4, -0.2) is 40.4 Å². The maximum Gasteiger partial charge on any atom is 0.257 e. The van der Waals surface area contributed by atoms with Crippen molar-refractivity contribution in [2.45, 2.75) is 46.1 Å². The minimum absolute atomic E-state index is 0.0945. The van der Waals surface area contributed by atoms with Crippen LogP contribution in [0.1, 0.15) is 55.6 Å². The van der Waals surface area contributed by atoms with Crippen LogP contribution in [0.25, 0.3) is 0 Å². The molecule has 2 aliphatic heterocycles. The molecule has 3 heterocycles. The Bertz CT molecular complexity index is 531. The number of nitrogens with zero attached hydrogens (tertiary/aromatic N) is 4. The fraction of sp³-hybridized carbons (Fsp3) is 0.688. The molecule has 0 aromatic carbocycles. The van der Waals surface area contributed by atoms with Crippen molar-refractivity contribution < 1.29 is 4.79 Å². The first-order valence-electron chi connectivity index (χ1n) is 8.09. The Labute approximate surface area is 126 Å². The number of anilines is 1. The van der Waals surface area contributed by atoms with Crippen molar-refractivity contribution >= 4 is 11.9 Å². The van der Waals surface area contributed by atoms with Gasteiger partial charge in [0.2, 0.25) is 5.95 Å². The topological polar surface area (TPSA) is 49.3 Å². The summed E-state index contributed by atoms with van der Waals surface area (Å²) in [5.74, 6) is 1.58. The number of carbonyl (C=O) groups excluding carboxylic acids is 1. The summed E-state index contributed by atoms with van der Waals surface area (Å²) < 4.78 is 0. The van der Waals surface area contributed by atoms with Crippen molar-refractivity contribution in [2.75, 3.05) is 24.5 Å². The van der Waals surface area contributed by atoms with E-state index in [1.807, 2.05) is 4.90 Å². The normalized spacial score (nSPS) is 21.8. The molecular formula is C16H24N4O. The highest BCUT2D eigenvalue weighted by molar-refractivity contribution is 5.97. The van der Waals surface area contributed by atoms with E-state index in [0.717, 1.165) is 44.1 Å². The van der Waals surface area contributed by atoms with Gasteiger partial charge in [-0.05, 0) is 25.2 Å². The van der Waals surface area contributed by atoms with Crippen molar-refractivity contribution in [3.63, 3.8) is 0 Å². The van der Waals surface area contributed by atoms with Gasteiger partial charge in [0, 0.05) is 25.8 Å². The van der Waals surface area contributed by atoms with E-state index in [2.05, 4.69) is 28.7 Å². The van der Waals surface area contributed by atoms with Gasteiger partial charge < -0.3 is 9.80 Å². The molecular weight excluding hydrogens is 264 g/mol. The zero-order valence-corrected chi connectivity index (χ0v) is 13.0. The second-order valence-electron chi connectivity index (χ2n) is 6.30. The Hall–Kier alpha value is -1.65. The van der Waals surface area contributed by atoms with Gasteiger partial charge >= 0.3 is 0 Å². The highest BCUT2D eigenvalue weighted by atomic mass is 16.2. The minimum atomic E-state index is 0.0945. The van der Waals surface area contributed by atoms with Gasteiger partial charge in [-0.3, -0.25) is 4.79 Å². The number of unbranched alkanes of at least 4 members (excludes halogenated alkanes) is 1. The van der Waals surface area contributed by atoms with E-state index in [1.54, 1.807) is 6.20 Å². The Morgan fingerprint density at radius 2 is 2.29 bits per heavy atom. The molecule has 0 spiro atoms. The third-order valence-electron chi connectivity index (χ3n) is 4.43. The van der Waals surface area contributed by atoms with Crippen LogP contribution in [0.4, 0.5) is 5.95 Å². The zero-order valence-electron chi connectivity index (χ0n) is 13.0. The molecule has 1 saturated heterocycles. The van der Waals surface area contributed by atoms with Crippen LogP contribution in [0, 0.1) is 5.92 Å². The maximum atomic E-state index is 12.3. The summed E-state index contributed by atoms with van der Waals surface area (Å²) in [6.45, 7) is 7.93. The second-order valence-corrected chi connectivity index (χ2v) is 6.30. The van der Waals surface area contributed by atoms with Crippen molar-refractivity contribution in [2.24, 2.45) is 5.92 Å². The van der Waals surface area contributed by atoms with Gasteiger partial charge in [-0.2, -0.15) is 0 Å². The Morgan fingerprint density at radius 1 is 1.43 bits per heavy atom. The zero-order chi connectivity index (χ0) is 14.8. The molecule has 114 valence electrons. The van der Waals surface area contributed by atoms with Gasteiger partial charge in [-0.15, -0.1) is 0 Å². The van der Waals surface area contributed by atoms with E-state index >= 15 is 0 Å². The molecule has 3 rings (SSSR count). The van der Waals surface area contributed by atoms with Gasteiger partial charge in [0.05, 0.1) is 17.8 Å². The number of piperidine rings is 1. The summed E-state index contributed by atoms with van der Waals surface area (Å²) in [5.41, 5.74) is 1.60. The van der Waals surface area contributed by atoms with E-state index in [4.69, 9.17) is 0 Å². The van der Waals surface area contributed by atoms with Gasteiger partial charge in [0.25, 0.3) is 5.91 Å². The molecule has 1 aromatic rings. The minimum Gasteiger partial charge on any atom is -0.341 e. The molecule has 0 unspecified atom stereocenters. The van der Waals surface area contributed by atoms with Crippen LogP contribution in [0.15, 0.2) is 6.20 Å². The number of fused-ring (bicyclic) bond motifs is 1. The second kappa shape index (κ2) is 6.00. The molecule has 1 fully saturated rings. The lowest BCUT2D eigenvalue weighted by atomic mass is 10.0. The molecule has 0 saturated carbocycles. The molecule has 5 nitrogen and oxygen atoms in total. The van der Waals surface area contributed by atoms with Gasteiger partial charge in [0.15, 0.2) is 0 Å². The highest BCUT2D eigenvalue weighted by Gasteiger charge is 2.30. The van der Waals surface area contributed by atoms with Crippen LogP contribution in [0.2, 0.25) is 0 Å². The predicted molar refractivity (Wildman–Crippen MR) is 82.3 cm³/mol. The summed E-state index contributed by atoms with van der Waals surface area (Å²) >= 11 is 0. The molecule has 1 aromatic heterocycles. The lowest BCUT2D eigenvalue weighted by Gasteiger charge is -2.30. The molecule has 0 N–H and O–H groups in total. The number of amides is 1. The number of rotatable bonds is 4. The SMILES string of the molecule is CCCCN1Cc2nc(N3CCC[C@@H](C)C3)ncc2C1=O. The first-order valence-corrected chi connectivity index (χ1v) is 8.09. The van der Waals surface area contributed by atoms with Crippen molar-refractivity contribution in [1.82, 2.24) is 14.9 Å². The number of hydrogen-bond donors (Lipinski definition) is 0. The van der Waals surface area contributed by atoms with E-state index in [0.29, 0.717) is 18.0 Å². The highest BCUT2D eigenvalue weighted by Crippen LogP contribution is 2.25. The molecule has 0 bridgehead atoms. The van der Waals surface area contributed by atoms with Gasteiger partial charge in [-0.1, -0.05) is 20.3 Å². The van der Waals surface area contributed by atoms with Crippen molar-refractivity contribution in [3.8, 4) is 0 Å². The van der Waals surface area contributed by atoms with E-state index in [-0.39, 0.29) is 5.91 Å². The summed E-state index contributed by atoms with van der Waals surface area (Å²) in [4.78, 5) is 25.5. The Balaban J connectivity index is 1.76. The monoisotopic (exact) mass is 288 g/mol. The number of aromatic nitrogens is 2. The Morgan fingerprint density at radius 3 is 3.05 bits per heavy atom. The van der Waals surface area contributed by atoms with Crippen LogP contribution in [-0.2, 0) is 6.54 Å². The van der Waals surface area contributed by atoms with Gasteiger partial charge in [0.1, 0.15) is 0 Å². The standard InChI is InChI=1S/C16H24N4O/c1-3-4-7-19-11-14-13(15(19)21)9-17-16(18-14)20-8-5-6-12(2)10-20/h9,12H,3-8,10-11H2,1-2H3/t12-/m1/s1. The lowest BCUT2D eigenvalue weighted by molar-refractivity contribution is 0.0776. The smallest absolute Gasteiger partial charge is 0.257 e. The molecule has 0 aliphatic carbocycles. The van der Waals surface area contributed by atoms with E-state index in [1.165, 1.54) is 12.8 Å². The fourth-order valence-corrected chi connectivity index (χ4v) is 3.18. The first-order chi connectivity index (χ1) is 10.2. The van der Waals surface area contributed by atoms with Crippen molar-refractivity contribution in [1.29, 1.82) is 0 Å². The largest absolute Gasteiger partial charge is 0.341 e.